The summed E-state index contributed by atoms with van der Waals surface area (Å²) in [5.74, 6) is -0.272. The summed E-state index contributed by atoms with van der Waals surface area (Å²) in [6, 6.07) is 14.8. The van der Waals surface area contributed by atoms with Crippen molar-refractivity contribution in [3.8, 4) is 0 Å². The molecule has 1 aliphatic heterocycles. The average Bonchev–Trinajstić information content (AvgIpc) is 2.96. The maximum absolute atomic E-state index is 12.4. The van der Waals surface area contributed by atoms with Crippen molar-refractivity contribution in [3.05, 3.63) is 66.5 Å². The molecule has 2 amide bonds. The van der Waals surface area contributed by atoms with Gasteiger partial charge in [-0.2, -0.15) is 0 Å². The molecule has 6 nitrogen and oxygen atoms in total. The molecule has 0 atom stereocenters. The molecule has 0 aliphatic carbocycles. The van der Waals surface area contributed by atoms with E-state index in [-0.39, 0.29) is 11.8 Å². The number of fused-ring (bicyclic) bond motifs is 3. The van der Waals surface area contributed by atoms with E-state index in [0.717, 1.165) is 33.5 Å². The van der Waals surface area contributed by atoms with Gasteiger partial charge in [-0.15, -0.1) is 0 Å². The first-order valence-corrected chi connectivity index (χ1v) is 8.15. The third-order valence-corrected chi connectivity index (χ3v) is 4.14. The zero-order valence-electron chi connectivity index (χ0n) is 14.0. The Hall–Kier alpha value is -3.67. The third kappa shape index (κ3) is 2.88. The molecule has 1 aliphatic rings. The van der Waals surface area contributed by atoms with Gasteiger partial charge in [0.25, 0.3) is 5.91 Å². The van der Waals surface area contributed by atoms with E-state index in [4.69, 9.17) is 0 Å². The number of rotatable bonds is 3. The van der Waals surface area contributed by atoms with Crippen LogP contribution in [0.4, 0.5) is 17.1 Å². The lowest BCUT2D eigenvalue weighted by Crippen LogP contribution is -2.06. The zero-order valence-corrected chi connectivity index (χ0v) is 14.0. The lowest BCUT2D eigenvalue weighted by molar-refractivity contribution is -0.114. The second-order valence-corrected chi connectivity index (χ2v) is 5.97. The molecule has 2 aromatic carbocycles. The summed E-state index contributed by atoms with van der Waals surface area (Å²) in [5, 5.41) is 9.68. The van der Waals surface area contributed by atoms with Crippen molar-refractivity contribution < 1.29 is 9.59 Å². The van der Waals surface area contributed by atoms with Gasteiger partial charge in [0.1, 0.15) is 0 Å². The van der Waals surface area contributed by atoms with Crippen molar-refractivity contribution in [2.75, 3.05) is 16.0 Å². The molecule has 26 heavy (non-hydrogen) atoms. The number of nitrogens with zero attached hydrogens (tertiary/aromatic N) is 1. The van der Waals surface area contributed by atoms with Gasteiger partial charge in [0.2, 0.25) is 5.91 Å². The number of nitrogens with one attached hydrogen (secondary N) is 3. The van der Waals surface area contributed by atoms with Gasteiger partial charge in [0.15, 0.2) is 0 Å². The zero-order chi connectivity index (χ0) is 18.1. The molecular weight excluding hydrogens is 328 g/mol. The van der Waals surface area contributed by atoms with Crippen LogP contribution in [-0.2, 0) is 9.59 Å². The van der Waals surface area contributed by atoms with Crippen LogP contribution in [0.2, 0.25) is 0 Å². The summed E-state index contributed by atoms with van der Waals surface area (Å²) in [6.45, 7) is 1.46. The van der Waals surface area contributed by atoms with Crippen molar-refractivity contribution in [1.29, 1.82) is 0 Å². The molecule has 2 heterocycles. The number of amides is 2. The number of carbonyl (C=O) groups excluding carboxylic acids is 2. The number of anilines is 3. The number of carbonyl (C=O) groups is 2. The second kappa shape index (κ2) is 6.33. The van der Waals surface area contributed by atoms with Crippen LogP contribution in [0.3, 0.4) is 0 Å². The summed E-state index contributed by atoms with van der Waals surface area (Å²) in [4.78, 5) is 27.8. The Morgan fingerprint density at radius 1 is 1.08 bits per heavy atom. The highest BCUT2D eigenvalue weighted by atomic mass is 16.2. The fraction of sp³-hybridized carbons (Fsp3) is 0.0500. The van der Waals surface area contributed by atoms with E-state index in [1.54, 1.807) is 24.5 Å². The van der Waals surface area contributed by atoms with E-state index in [0.29, 0.717) is 5.57 Å². The molecule has 0 unspecified atom stereocenters. The van der Waals surface area contributed by atoms with Crippen LogP contribution in [0.15, 0.2) is 60.9 Å². The first kappa shape index (κ1) is 15.8. The molecule has 3 aromatic rings. The van der Waals surface area contributed by atoms with Crippen LogP contribution in [0, 0.1) is 0 Å². The monoisotopic (exact) mass is 344 g/mol. The number of hydrogen-bond donors (Lipinski definition) is 3. The molecular formula is C20H16N4O2. The Balaban J connectivity index is 1.66. The van der Waals surface area contributed by atoms with Crippen molar-refractivity contribution in [3.63, 3.8) is 0 Å². The van der Waals surface area contributed by atoms with Crippen molar-refractivity contribution in [2.24, 2.45) is 0 Å². The van der Waals surface area contributed by atoms with Crippen LogP contribution in [0.25, 0.3) is 16.5 Å². The minimum atomic E-state index is -0.154. The quantitative estimate of drug-likeness (QED) is 0.634. The number of benzene rings is 2. The molecule has 0 bridgehead atoms. The Kier molecular flexibility index (Phi) is 3.85. The first-order chi connectivity index (χ1) is 12.6. The maximum Gasteiger partial charge on any atom is 0.257 e. The largest absolute Gasteiger partial charge is 0.361 e. The van der Waals surface area contributed by atoms with E-state index in [1.807, 2.05) is 36.4 Å². The number of pyridine rings is 1. The van der Waals surface area contributed by atoms with Gasteiger partial charge < -0.3 is 16.0 Å². The van der Waals surface area contributed by atoms with Gasteiger partial charge in [-0.05, 0) is 42.5 Å². The van der Waals surface area contributed by atoms with E-state index in [2.05, 4.69) is 20.9 Å². The first-order valence-electron chi connectivity index (χ1n) is 8.15. The number of hydrogen-bond acceptors (Lipinski definition) is 4. The van der Waals surface area contributed by atoms with Crippen LogP contribution >= 0.6 is 0 Å². The molecule has 0 radical (unpaired) electrons. The van der Waals surface area contributed by atoms with Crippen LogP contribution < -0.4 is 16.0 Å². The van der Waals surface area contributed by atoms with Crippen LogP contribution in [-0.4, -0.2) is 16.8 Å². The predicted octanol–water partition coefficient (Wildman–Crippen LogP) is 3.60. The molecule has 0 saturated carbocycles. The lowest BCUT2D eigenvalue weighted by Gasteiger charge is -2.06. The van der Waals surface area contributed by atoms with Crippen molar-refractivity contribution in [1.82, 2.24) is 4.98 Å². The van der Waals surface area contributed by atoms with Crippen molar-refractivity contribution in [2.45, 2.75) is 6.92 Å². The minimum Gasteiger partial charge on any atom is -0.361 e. The van der Waals surface area contributed by atoms with Gasteiger partial charge in [0.05, 0.1) is 11.1 Å². The average molecular weight is 344 g/mol. The van der Waals surface area contributed by atoms with Crippen LogP contribution in [0.1, 0.15) is 12.5 Å². The fourth-order valence-corrected chi connectivity index (χ4v) is 3.00. The molecule has 6 heteroatoms. The lowest BCUT2D eigenvalue weighted by atomic mass is 10.0. The molecule has 1 aromatic heterocycles. The summed E-state index contributed by atoms with van der Waals surface area (Å²) in [7, 11) is 0. The second-order valence-electron chi connectivity index (χ2n) is 5.97. The molecule has 3 N–H and O–H groups in total. The van der Waals surface area contributed by atoms with E-state index >= 15 is 0 Å². The molecule has 4 rings (SSSR count). The van der Waals surface area contributed by atoms with Gasteiger partial charge in [-0.3, -0.25) is 14.6 Å². The smallest absolute Gasteiger partial charge is 0.257 e. The molecule has 0 spiro atoms. The summed E-state index contributed by atoms with van der Waals surface area (Å²) >= 11 is 0. The molecule has 0 saturated heterocycles. The third-order valence-electron chi connectivity index (χ3n) is 4.14. The normalized spacial score (nSPS) is 14.2. The highest BCUT2D eigenvalue weighted by Crippen LogP contribution is 2.37. The Morgan fingerprint density at radius 3 is 2.62 bits per heavy atom. The Morgan fingerprint density at radius 2 is 1.85 bits per heavy atom. The van der Waals surface area contributed by atoms with Gasteiger partial charge >= 0.3 is 0 Å². The maximum atomic E-state index is 12.4. The van der Waals surface area contributed by atoms with Gasteiger partial charge in [0, 0.05) is 47.3 Å². The van der Waals surface area contributed by atoms with E-state index in [9.17, 15) is 9.59 Å². The standard InChI is InChI=1S/C20H16N4O2/c1-12(25)23-14-6-4-13(5-7-14)22-11-16-19-15-3-2-10-21-17(15)8-9-18(19)24-20(16)26/h2-11,22H,1H3,(H,23,25)(H,24,26)/b16-11-. The molecule has 0 fully saturated rings. The SMILES string of the molecule is CC(=O)Nc1ccc(N/C=C2\C(=O)Nc3ccc4ncccc4c32)cc1. The summed E-state index contributed by atoms with van der Waals surface area (Å²) in [5.41, 5.74) is 4.56. The topological polar surface area (TPSA) is 83.1 Å². The number of aromatic nitrogens is 1. The molecule has 128 valence electrons. The van der Waals surface area contributed by atoms with Crippen LogP contribution in [0.5, 0.6) is 0 Å². The minimum absolute atomic E-state index is 0.118. The summed E-state index contributed by atoms with van der Waals surface area (Å²) in [6.07, 6.45) is 3.43. The van der Waals surface area contributed by atoms with E-state index in [1.165, 1.54) is 6.92 Å². The Bertz CT molecular complexity index is 1060. The fourth-order valence-electron chi connectivity index (χ4n) is 3.00. The van der Waals surface area contributed by atoms with Gasteiger partial charge in [-0.25, -0.2) is 0 Å². The highest BCUT2D eigenvalue weighted by molar-refractivity contribution is 6.34. The highest BCUT2D eigenvalue weighted by Gasteiger charge is 2.26. The van der Waals surface area contributed by atoms with Crippen molar-refractivity contribution >= 4 is 45.4 Å². The predicted molar refractivity (Wildman–Crippen MR) is 103 cm³/mol. The Labute approximate surface area is 149 Å². The van der Waals surface area contributed by atoms with E-state index < -0.39 is 0 Å². The van der Waals surface area contributed by atoms with Gasteiger partial charge in [-0.1, -0.05) is 6.07 Å². The summed E-state index contributed by atoms with van der Waals surface area (Å²) < 4.78 is 0.